The quantitative estimate of drug-likeness (QED) is 0.590. The van der Waals surface area contributed by atoms with Crippen molar-refractivity contribution >= 4 is 17.8 Å². The maximum absolute atomic E-state index is 12.6. The van der Waals surface area contributed by atoms with Crippen molar-refractivity contribution in [2.75, 3.05) is 33.4 Å². The summed E-state index contributed by atoms with van der Waals surface area (Å²) in [4.78, 5) is 38.9. The average Bonchev–Trinajstić information content (AvgIpc) is 3.04. The fraction of sp³-hybridized carbons (Fsp3) is 0.571. The minimum Gasteiger partial charge on any atom is -0.385 e. The standard InChI is InChI=1S/C21H30N4O4/c1-29-9-5-8-22-20(27)16-10-17-13-25(14-19(26)24-18(17)11-16)21(28)23-12-15-6-3-2-4-7-15/h2-4,6-7,16-18H,5,8-14H2,1H3,(H,22,27)(H,23,28)(H,24,26)/t16-,17+,18+/m0/s1. The number of hydrogen-bond donors (Lipinski definition) is 3. The monoisotopic (exact) mass is 402 g/mol. The Kier molecular flexibility index (Phi) is 7.46. The van der Waals surface area contributed by atoms with E-state index in [4.69, 9.17) is 4.74 Å². The van der Waals surface area contributed by atoms with E-state index < -0.39 is 0 Å². The molecular formula is C21H30N4O4. The van der Waals surface area contributed by atoms with Gasteiger partial charge in [0.15, 0.2) is 0 Å². The van der Waals surface area contributed by atoms with E-state index in [2.05, 4.69) is 16.0 Å². The zero-order chi connectivity index (χ0) is 20.6. The number of fused-ring (bicyclic) bond motifs is 1. The number of amides is 4. The minimum absolute atomic E-state index is 0.0171. The van der Waals surface area contributed by atoms with Crippen molar-refractivity contribution in [1.29, 1.82) is 0 Å². The number of hydrogen-bond acceptors (Lipinski definition) is 4. The number of benzene rings is 1. The molecule has 4 amide bonds. The summed E-state index contributed by atoms with van der Waals surface area (Å²) in [6, 6.07) is 9.33. The fourth-order valence-corrected chi connectivity index (χ4v) is 4.10. The highest BCUT2D eigenvalue weighted by molar-refractivity contribution is 5.85. The zero-order valence-electron chi connectivity index (χ0n) is 16.9. The summed E-state index contributed by atoms with van der Waals surface area (Å²) < 4.78 is 4.99. The Morgan fingerprint density at radius 2 is 2.00 bits per heavy atom. The second-order valence-electron chi connectivity index (χ2n) is 7.76. The Morgan fingerprint density at radius 1 is 1.21 bits per heavy atom. The van der Waals surface area contributed by atoms with E-state index in [9.17, 15) is 14.4 Å². The van der Waals surface area contributed by atoms with Crippen molar-refractivity contribution in [2.24, 2.45) is 11.8 Å². The molecule has 3 N–H and O–H groups in total. The fourth-order valence-electron chi connectivity index (χ4n) is 4.10. The summed E-state index contributed by atoms with van der Waals surface area (Å²) in [6.07, 6.45) is 2.06. The zero-order valence-corrected chi connectivity index (χ0v) is 16.9. The summed E-state index contributed by atoms with van der Waals surface area (Å²) in [5.74, 6) is -0.212. The highest BCUT2D eigenvalue weighted by atomic mass is 16.5. The van der Waals surface area contributed by atoms with Crippen LogP contribution in [0.25, 0.3) is 0 Å². The third-order valence-electron chi connectivity index (χ3n) is 5.60. The molecule has 0 radical (unpaired) electrons. The van der Waals surface area contributed by atoms with E-state index in [1.165, 1.54) is 0 Å². The van der Waals surface area contributed by atoms with Crippen molar-refractivity contribution in [1.82, 2.24) is 20.9 Å². The molecule has 0 aromatic heterocycles. The molecule has 3 atom stereocenters. The Bertz CT molecular complexity index is 712. The largest absolute Gasteiger partial charge is 0.385 e. The molecule has 1 aromatic carbocycles. The first-order valence-corrected chi connectivity index (χ1v) is 10.2. The summed E-state index contributed by atoms with van der Waals surface area (Å²) in [7, 11) is 1.64. The maximum atomic E-state index is 12.6. The van der Waals surface area contributed by atoms with Gasteiger partial charge >= 0.3 is 6.03 Å². The summed E-state index contributed by atoms with van der Waals surface area (Å²) in [5.41, 5.74) is 1.00. The molecule has 1 heterocycles. The number of rotatable bonds is 7. The van der Waals surface area contributed by atoms with Crippen LogP contribution in [0, 0.1) is 11.8 Å². The average molecular weight is 402 g/mol. The van der Waals surface area contributed by atoms with Crippen molar-refractivity contribution < 1.29 is 19.1 Å². The van der Waals surface area contributed by atoms with Crippen LogP contribution in [0.1, 0.15) is 24.8 Å². The first kappa shape index (κ1) is 21.1. The molecule has 29 heavy (non-hydrogen) atoms. The van der Waals surface area contributed by atoms with E-state index in [0.29, 0.717) is 39.1 Å². The lowest BCUT2D eigenvalue weighted by atomic mass is 10.0. The summed E-state index contributed by atoms with van der Waals surface area (Å²) in [6.45, 7) is 2.12. The highest BCUT2D eigenvalue weighted by Crippen LogP contribution is 2.33. The third-order valence-corrected chi connectivity index (χ3v) is 5.60. The number of ether oxygens (including phenoxy) is 1. The van der Waals surface area contributed by atoms with Gasteiger partial charge in [0.25, 0.3) is 0 Å². The van der Waals surface area contributed by atoms with Crippen molar-refractivity contribution in [3.8, 4) is 0 Å². The Morgan fingerprint density at radius 3 is 2.76 bits per heavy atom. The van der Waals surface area contributed by atoms with Crippen LogP contribution in [0.4, 0.5) is 4.79 Å². The number of methoxy groups -OCH3 is 1. The van der Waals surface area contributed by atoms with Crippen molar-refractivity contribution in [3.05, 3.63) is 35.9 Å². The van der Waals surface area contributed by atoms with E-state index in [1.54, 1.807) is 12.0 Å². The number of carbonyl (C=O) groups excluding carboxylic acids is 3. The Labute approximate surface area is 171 Å². The van der Waals surface area contributed by atoms with Crippen LogP contribution in [-0.2, 0) is 20.9 Å². The van der Waals surface area contributed by atoms with Gasteiger partial charge in [0.2, 0.25) is 11.8 Å². The molecule has 1 aliphatic carbocycles. The van der Waals surface area contributed by atoms with Crippen LogP contribution < -0.4 is 16.0 Å². The van der Waals surface area contributed by atoms with Gasteiger partial charge in [-0.05, 0) is 30.7 Å². The normalized spacial score (nSPS) is 23.7. The number of nitrogens with one attached hydrogen (secondary N) is 3. The van der Waals surface area contributed by atoms with Gasteiger partial charge in [-0.1, -0.05) is 30.3 Å². The molecule has 158 valence electrons. The van der Waals surface area contributed by atoms with Gasteiger partial charge in [-0.2, -0.15) is 0 Å². The molecule has 0 unspecified atom stereocenters. The summed E-state index contributed by atoms with van der Waals surface area (Å²) in [5, 5.41) is 8.83. The van der Waals surface area contributed by atoms with Gasteiger partial charge in [-0.15, -0.1) is 0 Å². The topological polar surface area (TPSA) is 99.8 Å². The predicted molar refractivity (Wildman–Crippen MR) is 108 cm³/mol. The van der Waals surface area contributed by atoms with Gasteiger partial charge < -0.3 is 25.6 Å². The minimum atomic E-state index is -0.253. The first-order chi connectivity index (χ1) is 14.1. The molecule has 0 spiro atoms. The molecule has 1 aromatic rings. The molecule has 2 aliphatic rings. The van der Waals surface area contributed by atoms with Gasteiger partial charge in [-0.3, -0.25) is 9.59 Å². The molecule has 2 fully saturated rings. The Balaban J connectivity index is 1.52. The van der Waals surface area contributed by atoms with Gasteiger partial charge in [0, 0.05) is 45.3 Å². The lowest BCUT2D eigenvalue weighted by molar-refractivity contribution is -0.125. The molecule has 8 heteroatoms. The van der Waals surface area contributed by atoms with E-state index >= 15 is 0 Å². The van der Waals surface area contributed by atoms with E-state index in [0.717, 1.165) is 12.0 Å². The molecule has 1 aliphatic heterocycles. The highest BCUT2D eigenvalue weighted by Gasteiger charge is 2.42. The van der Waals surface area contributed by atoms with Crippen LogP contribution in [0.5, 0.6) is 0 Å². The van der Waals surface area contributed by atoms with E-state index in [1.807, 2.05) is 30.3 Å². The SMILES string of the molecule is COCCCNC(=O)[C@H]1C[C@@H]2CN(C(=O)NCc3ccccc3)CC(=O)N[C@@H]2C1. The molecule has 3 rings (SSSR count). The van der Waals surface area contributed by atoms with Crippen LogP contribution in [0.2, 0.25) is 0 Å². The van der Waals surface area contributed by atoms with Crippen molar-refractivity contribution in [2.45, 2.75) is 31.8 Å². The van der Waals surface area contributed by atoms with Gasteiger partial charge in [0.05, 0.1) is 0 Å². The molecule has 1 saturated carbocycles. The molecular weight excluding hydrogens is 372 g/mol. The van der Waals surface area contributed by atoms with Crippen LogP contribution in [0.3, 0.4) is 0 Å². The van der Waals surface area contributed by atoms with Crippen LogP contribution in [-0.4, -0.2) is 62.1 Å². The lowest BCUT2D eigenvalue weighted by Crippen LogP contribution is -2.44. The first-order valence-electron chi connectivity index (χ1n) is 10.2. The second-order valence-corrected chi connectivity index (χ2v) is 7.76. The number of urea groups is 1. The predicted octanol–water partition coefficient (Wildman–Crippen LogP) is 0.876. The van der Waals surface area contributed by atoms with Crippen molar-refractivity contribution in [3.63, 3.8) is 0 Å². The second kappa shape index (κ2) is 10.2. The molecule has 8 nitrogen and oxygen atoms in total. The van der Waals surface area contributed by atoms with E-state index in [-0.39, 0.29) is 42.3 Å². The van der Waals surface area contributed by atoms with Crippen LogP contribution >= 0.6 is 0 Å². The third kappa shape index (κ3) is 5.93. The lowest BCUT2D eigenvalue weighted by Gasteiger charge is -2.23. The number of carbonyl (C=O) groups is 3. The maximum Gasteiger partial charge on any atom is 0.318 e. The Hall–Kier alpha value is -2.61. The summed E-state index contributed by atoms with van der Waals surface area (Å²) >= 11 is 0. The number of nitrogens with zero attached hydrogens (tertiary/aromatic N) is 1. The molecule has 0 bridgehead atoms. The van der Waals surface area contributed by atoms with Gasteiger partial charge in [-0.25, -0.2) is 4.79 Å². The molecule has 1 saturated heterocycles. The van der Waals surface area contributed by atoms with Crippen LogP contribution in [0.15, 0.2) is 30.3 Å². The van der Waals surface area contributed by atoms with Gasteiger partial charge in [0.1, 0.15) is 6.54 Å². The smallest absolute Gasteiger partial charge is 0.318 e.